The predicted octanol–water partition coefficient (Wildman–Crippen LogP) is 1.97. The topological polar surface area (TPSA) is 41.4 Å². The fourth-order valence-electron chi connectivity index (χ4n) is 3.62. The molecule has 1 amide bonds. The Kier molecular flexibility index (Phi) is 4.41. The van der Waals surface area contributed by atoms with E-state index in [2.05, 4.69) is 32.4 Å². The molecule has 2 aromatic rings. The van der Waals surface area contributed by atoms with E-state index in [0.29, 0.717) is 11.8 Å². The van der Waals surface area contributed by atoms with Crippen LogP contribution in [-0.4, -0.2) is 58.2 Å². The Hall–Kier alpha value is -1.66. The minimum absolute atomic E-state index is 0.187. The number of hydrogen-bond acceptors (Lipinski definition) is 4. The van der Waals surface area contributed by atoms with E-state index in [9.17, 15) is 4.79 Å². The zero-order chi connectivity index (χ0) is 16.5. The van der Waals surface area contributed by atoms with Gasteiger partial charge in [-0.15, -0.1) is 11.3 Å². The summed E-state index contributed by atoms with van der Waals surface area (Å²) in [6, 6.07) is 4.32. The number of hydrogen-bond donors (Lipinski definition) is 0. The summed E-state index contributed by atoms with van der Waals surface area (Å²) in [5.41, 5.74) is 1.21. The Bertz CT molecular complexity index is 688. The molecule has 0 spiro atoms. The third kappa shape index (κ3) is 3.39. The SMILES string of the molecule is Cn1cc([C@H]2C[C@H]2C(=O)N2CCN(CCc3cccs3)CC2)cn1. The highest BCUT2D eigenvalue weighted by atomic mass is 32.1. The highest BCUT2D eigenvalue weighted by molar-refractivity contribution is 7.09. The van der Waals surface area contributed by atoms with Gasteiger partial charge < -0.3 is 4.90 Å². The lowest BCUT2D eigenvalue weighted by atomic mass is 10.1. The second kappa shape index (κ2) is 6.69. The number of piperazine rings is 1. The van der Waals surface area contributed by atoms with Crippen LogP contribution in [0.25, 0.3) is 0 Å². The molecule has 2 fully saturated rings. The van der Waals surface area contributed by atoms with Gasteiger partial charge in [-0.25, -0.2) is 0 Å². The third-order valence-corrected chi connectivity index (χ3v) is 6.14. The van der Waals surface area contributed by atoms with Crippen LogP contribution >= 0.6 is 11.3 Å². The van der Waals surface area contributed by atoms with Gasteiger partial charge in [-0.1, -0.05) is 6.07 Å². The summed E-state index contributed by atoms with van der Waals surface area (Å²) in [5.74, 6) is 0.927. The molecule has 2 atom stereocenters. The van der Waals surface area contributed by atoms with Gasteiger partial charge in [-0.05, 0) is 35.8 Å². The number of thiophene rings is 1. The number of carbonyl (C=O) groups is 1. The van der Waals surface area contributed by atoms with E-state index in [1.165, 1.54) is 10.4 Å². The first-order valence-corrected chi connectivity index (χ1v) is 9.61. The van der Waals surface area contributed by atoms with Crippen molar-refractivity contribution in [2.24, 2.45) is 13.0 Å². The number of nitrogens with zero attached hydrogens (tertiary/aromatic N) is 4. The number of carbonyl (C=O) groups excluding carboxylic acids is 1. The molecule has 1 aliphatic heterocycles. The number of aromatic nitrogens is 2. The smallest absolute Gasteiger partial charge is 0.226 e. The molecule has 2 aliphatic rings. The average Bonchev–Trinajstić information content (AvgIpc) is 3.00. The molecule has 0 radical (unpaired) electrons. The summed E-state index contributed by atoms with van der Waals surface area (Å²) in [6.45, 7) is 4.85. The molecule has 0 aromatic carbocycles. The summed E-state index contributed by atoms with van der Waals surface area (Å²) in [6.07, 6.45) is 6.06. The van der Waals surface area contributed by atoms with Gasteiger partial charge >= 0.3 is 0 Å². The van der Waals surface area contributed by atoms with E-state index in [1.54, 1.807) is 0 Å². The standard InChI is InChI=1S/C18H24N4OS/c1-20-13-14(12-19-20)16-11-17(16)18(23)22-8-6-21(7-9-22)5-4-15-3-2-10-24-15/h2-3,10,12-13,16-17H,4-9,11H2,1H3/t16-,17-/m1/s1. The largest absolute Gasteiger partial charge is 0.340 e. The molecular formula is C18H24N4OS. The van der Waals surface area contributed by atoms with Crippen molar-refractivity contribution in [3.05, 3.63) is 40.3 Å². The molecule has 0 N–H and O–H groups in total. The second-order valence-corrected chi connectivity index (χ2v) is 7.92. The zero-order valence-corrected chi connectivity index (χ0v) is 14.9. The summed E-state index contributed by atoms with van der Waals surface area (Å²) in [4.78, 5) is 18.7. The first kappa shape index (κ1) is 15.8. The van der Waals surface area contributed by atoms with Crippen molar-refractivity contribution < 1.29 is 4.79 Å². The molecule has 4 rings (SSSR count). The van der Waals surface area contributed by atoms with Crippen molar-refractivity contribution in [2.45, 2.75) is 18.8 Å². The Morgan fingerprint density at radius 2 is 2.17 bits per heavy atom. The van der Waals surface area contributed by atoms with Crippen molar-refractivity contribution in [2.75, 3.05) is 32.7 Å². The molecule has 3 heterocycles. The molecule has 6 heteroatoms. The quantitative estimate of drug-likeness (QED) is 0.833. The summed E-state index contributed by atoms with van der Waals surface area (Å²) in [5, 5.41) is 6.36. The van der Waals surface area contributed by atoms with Crippen LogP contribution in [0, 0.1) is 5.92 Å². The highest BCUT2D eigenvalue weighted by Crippen LogP contribution is 2.48. The Labute approximate surface area is 146 Å². The van der Waals surface area contributed by atoms with Crippen LogP contribution in [0.4, 0.5) is 0 Å². The van der Waals surface area contributed by atoms with Gasteiger partial charge in [0.25, 0.3) is 0 Å². The monoisotopic (exact) mass is 344 g/mol. The normalized spacial score (nSPS) is 24.3. The van der Waals surface area contributed by atoms with Gasteiger partial charge in [0.2, 0.25) is 5.91 Å². The predicted molar refractivity (Wildman–Crippen MR) is 95.1 cm³/mol. The van der Waals surface area contributed by atoms with Gasteiger partial charge in [-0.3, -0.25) is 14.4 Å². The van der Waals surface area contributed by atoms with Crippen molar-refractivity contribution in [1.82, 2.24) is 19.6 Å². The molecule has 2 aromatic heterocycles. The lowest BCUT2D eigenvalue weighted by Gasteiger charge is -2.34. The fraction of sp³-hybridized carbons (Fsp3) is 0.556. The summed E-state index contributed by atoms with van der Waals surface area (Å²) >= 11 is 1.83. The molecule has 1 saturated carbocycles. The van der Waals surface area contributed by atoms with E-state index in [1.807, 2.05) is 35.5 Å². The molecule has 5 nitrogen and oxygen atoms in total. The lowest BCUT2D eigenvalue weighted by Crippen LogP contribution is -2.49. The Morgan fingerprint density at radius 1 is 1.33 bits per heavy atom. The molecule has 1 saturated heterocycles. The van der Waals surface area contributed by atoms with Gasteiger partial charge in [0.05, 0.1) is 6.20 Å². The lowest BCUT2D eigenvalue weighted by molar-refractivity contribution is -0.134. The zero-order valence-electron chi connectivity index (χ0n) is 14.1. The molecule has 24 heavy (non-hydrogen) atoms. The maximum Gasteiger partial charge on any atom is 0.226 e. The number of amides is 1. The molecule has 0 unspecified atom stereocenters. The van der Waals surface area contributed by atoms with Crippen molar-refractivity contribution in [3.63, 3.8) is 0 Å². The molecule has 128 valence electrons. The van der Waals surface area contributed by atoms with E-state index >= 15 is 0 Å². The van der Waals surface area contributed by atoms with Crippen molar-refractivity contribution >= 4 is 17.2 Å². The first-order chi connectivity index (χ1) is 11.7. The van der Waals surface area contributed by atoms with E-state index in [-0.39, 0.29) is 5.92 Å². The maximum absolute atomic E-state index is 12.7. The van der Waals surface area contributed by atoms with Crippen LogP contribution in [0.1, 0.15) is 22.8 Å². The van der Waals surface area contributed by atoms with Crippen LogP contribution in [-0.2, 0) is 18.3 Å². The Morgan fingerprint density at radius 3 is 2.83 bits per heavy atom. The number of aryl methyl sites for hydroxylation is 1. The minimum Gasteiger partial charge on any atom is -0.340 e. The van der Waals surface area contributed by atoms with Gasteiger partial charge in [-0.2, -0.15) is 5.10 Å². The van der Waals surface area contributed by atoms with Crippen molar-refractivity contribution in [1.29, 1.82) is 0 Å². The van der Waals surface area contributed by atoms with Crippen LogP contribution < -0.4 is 0 Å². The van der Waals surface area contributed by atoms with E-state index in [4.69, 9.17) is 0 Å². The fourth-order valence-corrected chi connectivity index (χ4v) is 4.32. The van der Waals surface area contributed by atoms with Crippen molar-refractivity contribution in [3.8, 4) is 0 Å². The summed E-state index contributed by atoms with van der Waals surface area (Å²) in [7, 11) is 1.93. The van der Waals surface area contributed by atoms with Gasteiger partial charge in [0, 0.05) is 56.8 Å². The second-order valence-electron chi connectivity index (χ2n) is 6.89. The van der Waals surface area contributed by atoms with Crippen LogP contribution in [0.15, 0.2) is 29.9 Å². The minimum atomic E-state index is 0.187. The first-order valence-electron chi connectivity index (χ1n) is 8.73. The van der Waals surface area contributed by atoms with E-state index in [0.717, 1.165) is 45.6 Å². The molecule has 0 bridgehead atoms. The third-order valence-electron chi connectivity index (χ3n) is 5.20. The molecule has 1 aliphatic carbocycles. The Balaban J connectivity index is 1.23. The highest BCUT2D eigenvalue weighted by Gasteiger charge is 2.46. The average molecular weight is 344 g/mol. The van der Waals surface area contributed by atoms with Crippen LogP contribution in [0.3, 0.4) is 0 Å². The van der Waals surface area contributed by atoms with E-state index < -0.39 is 0 Å². The van der Waals surface area contributed by atoms with Gasteiger partial charge in [0.15, 0.2) is 0 Å². The maximum atomic E-state index is 12.7. The van der Waals surface area contributed by atoms with Crippen LogP contribution in [0.5, 0.6) is 0 Å². The number of rotatable bonds is 5. The van der Waals surface area contributed by atoms with Crippen LogP contribution in [0.2, 0.25) is 0 Å². The van der Waals surface area contributed by atoms with Gasteiger partial charge in [0.1, 0.15) is 0 Å². The molecular weight excluding hydrogens is 320 g/mol. The summed E-state index contributed by atoms with van der Waals surface area (Å²) < 4.78 is 1.82.